The van der Waals surface area contributed by atoms with E-state index < -0.39 is 88.6 Å². The SMILES string of the molecule is CC1(F)C(F)(F)C(F)(F)C(F)(F)C2(F)C1(F)C(F)(F)C(F)(F)C1(F)C(F)(F)C(F)(F)C(F)(F)C(F)(F)C12F. The molecule has 5 unspecified atom stereocenters. The molecule has 3 aliphatic carbocycles. The summed E-state index contributed by atoms with van der Waals surface area (Å²) >= 11 is 0. The van der Waals surface area contributed by atoms with Crippen molar-refractivity contribution in [2.75, 3.05) is 0 Å². The normalized spacial score (nSPS) is 49.9. The fourth-order valence-electron chi connectivity index (χ4n) is 4.99. The zero-order valence-electron chi connectivity index (χ0n) is 16.7. The van der Waals surface area contributed by atoms with Crippen LogP contribution in [0.3, 0.4) is 0 Å². The maximum Gasteiger partial charge on any atom is 0.382 e. The third kappa shape index (κ3) is 1.89. The Morgan fingerprint density at radius 3 is 0.711 bits per heavy atom. The van der Waals surface area contributed by atoms with Gasteiger partial charge in [-0.1, -0.05) is 0 Å². The average Bonchev–Trinajstić information content (AvgIpc) is 2.72. The van der Waals surface area contributed by atoms with E-state index in [0.717, 1.165) is 0 Å². The Bertz CT molecular complexity index is 983. The van der Waals surface area contributed by atoms with Crippen LogP contribution in [0, 0.1) is 0 Å². The van der Waals surface area contributed by atoms with Crippen molar-refractivity contribution in [1.82, 2.24) is 0 Å². The molecule has 3 aliphatic rings. The van der Waals surface area contributed by atoms with Gasteiger partial charge in [-0.2, -0.15) is 79.0 Å². The van der Waals surface area contributed by atoms with Crippen molar-refractivity contribution in [2.24, 2.45) is 0 Å². The average molecular weight is 620 g/mol. The van der Waals surface area contributed by atoms with Crippen LogP contribution in [0.2, 0.25) is 0 Å². The summed E-state index contributed by atoms with van der Waals surface area (Å²) in [6.07, 6.45) is 0. The van der Waals surface area contributed by atoms with Crippen molar-refractivity contribution in [3.63, 3.8) is 0 Å². The number of hydrogen-bond acceptors (Lipinski definition) is 0. The second-order valence-electron chi connectivity index (χ2n) is 8.81. The van der Waals surface area contributed by atoms with Crippen LogP contribution in [0.5, 0.6) is 0 Å². The molecule has 3 saturated carbocycles. The van der Waals surface area contributed by atoms with Gasteiger partial charge in [0.1, 0.15) is 0 Å². The predicted octanol–water partition coefficient (Wildman–Crippen LogP) is 7.31. The van der Waals surface area contributed by atoms with Crippen LogP contribution in [-0.2, 0) is 0 Å². The Labute approximate surface area is 191 Å². The standard InChI is InChI=1S/C15H3F23/c1-2(16)3(17)4(18,9(25,26)13(33,34)7(2,21)22)5(19)6(20,11(29,30)8(3,23)24)12(31,32)15(37,38)14(35,36)10(5,27)28/h1H3. The lowest BCUT2D eigenvalue weighted by Crippen LogP contribution is -3.06. The lowest BCUT2D eigenvalue weighted by Gasteiger charge is -2.71. The molecule has 5 atom stereocenters. The van der Waals surface area contributed by atoms with E-state index in [2.05, 4.69) is 0 Å². The van der Waals surface area contributed by atoms with Crippen LogP contribution in [0.25, 0.3) is 0 Å². The van der Waals surface area contributed by atoms with Gasteiger partial charge in [-0.3, -0.25) is 0 Å². The lowest BCUT2D eigenvalue weighted by atomic mass is 9.41. The molecule has 0 aromatic heterocycles. The van der Waals surface area contributed by atoms with E-state index >= 15 is 17.6 Å². The van der Waals surface area contributed by atoms with E-state index in [1.807, 2.05) is 0 Å². The number of halogens is 23. The highest BCUT2D eigenvalue weighted by atomic mass is 19.4. The maximum atomic E-state index is 15.6. The molecule has 0 radical (unpaired) electrons. The quantitative estimate of drug-likeness (QED) is 0.250. The van der Waals surface area contributed by atoms with E-state index in [4.69, 9.17) is 0 Å². The molecule has 0 saturated heterocycles. The van der Waals surface area contributed by atoms with Gasteiger partial charge in [0.25, 0.3) is 22.7 Å². The summed E-state index contributed by atoms with van der Waals surface area (Å²) in [5.41, 5.74) is -44.8. The molecule has 3 fully saturated rings. The summed E-state index contributed by atoms with van der Waals surface area (Å²) in [4.78, 5) is 0. The second kappa shape index (κ2) is 6.17. The van der Waals surface area contributed by atoms with Crippen LogP contribution < -0.4 is 0 Å². The Morgan fingerprint density at radius 2 is 0.395 bits per heavy atom. The van der Waals surface area contributed by atoms with Gasteiger partial charge in [-0.15, -0.1) is 0 Å². The molecule has 38 heavy (non-hydrogen) atoms. The minimum absolute atomic E-state index is 2.05. The monoisotopic (exact) mass is 620 g/mol. The van der Waals surface area contributed by atoms with Gasteiger partial charge in [0.05, 0.1) is 0 Å². The van der Waals surface area contributed by atoms with Gasteiger partial charge in [0, 0.05) is 0 Å². The Balaban J connectivity index is 2.86. The van der Waals surface area contributed by atoms with Crippen molar-refractivity contribution in [3.05, 3.63) is 0 Å². The molecule has 0 aromatic carbocycles. The summed E-state index contributed by atoms with van der Waals surface area (Å²) in [6.45, 7) is -2.05. The molecule has 0 aliphatic heterocycles. The van der Waals surface area contributed by atoms with Crippen LogP contribution >= 0.6 is 0 Å². The van der Waals surface area contributed by atoms with Crippen molar-refractivity contribution >= 4 is 0 Å². The van der Waals surface area contributed by atoms with Gasteiger partial charge in [0.2, 0.25) is 5.67 Å². The summed E-state index contributed by atoms with van der Waals surface area (Å²) < 4.78 is 330. The molecule has 0 nitrogen and oxygen atoms in total. The molecule has 224 valence electrons. The lowest BCUT2D eigenvalue weighted by molar-refractivity contribution is -0.578. The fourth-order valence-corrected chi connectivity index (χ4v) is 4.99. The molecular formula is C15H3F23. The first-order valence-electron chi connectivity index (χ1n) is 8.85. The number of fused-ring (bicyclic) bond motifs is 3. The predicted molar refractivity (Wildman–Crippen MR) is 69.4 cm³/mol. The van der Waals surface area contributed by atoms with Crippen molar-refractivity contribution in [1.29, 1.82) is 0 Å². The van der Waals surface area contributed by atoms with Gasteiger partial charge in [-0.25, -0.2) is 22.0 Å². The summed E-state index contributed by atoms with van der Waals surface area (Å²) in [6, 6.07) is 0. The molecule has 0 spiro atoms. The molecular weight excluding hydrogens is 617 g/mol. The van der Waals surface area contributed by atoms with E-state index in [0.29, 0.717) is 0 Å². The van der Waals surface area contributed by atoms with Crippen LogP contribution in [0.15, 0.2) is 0 Å². The highest BCUT2D eigenvalue weighted by molar-refractivity contribution is 5.52. The Hall–Kier alpha value is -1.61. The van der Waals surface area contributed by atoms with Crippen LogP contribution in [0.4, 0.5) is 101 Å². The van der Waals surface area contributed by atoms with E-state index in [9.17, 15) is 83.4 Å². The van der Waals surface area contributed by atoms with Crippen LogP contribution in [0.1, 0.15) is 6.92 Å². The van der Waals surface area contributed by atoms with Gasteiger partial charge in [-0.05, 0) is 6.92 Å². The highest BCUT2D eigenvalue weighted by Gasteiger charge is 3.20. The second-order valence-corrected chi connectivity index (χ2v) is 8.81. The largest absolute Gasteiger partial charge is 0.382 e. The van der Waals surface area contributed by atoms with Gasteiger partial charge in [0.15, 0.2) is 0 Å². The summed E-state index contributed by atoms with van der Waals surface area (Å²) in [5.74, 6) is -79.5. The smallest absolute Gasteiger partial charge is 0.233 e. The molecule has 0 heterocycles. The third-order valence-corrected chi connectivity index (χ3v) is 7.19. The van der Waals surface area contributed by atoms with E-state index in [1.54, 1.807) is 0 Å². The number of rotatable bonds is 0. The zero-order chi connectivity index (χ0) is 31.0. The van der Waals surface area contributed by atoms with Crippen LogP contribution in [-0.4, -0.2) is 81.6 Å². The highest BCUT2D eigenvalue weighted by Crippen LogP contribution is 2.86. The first kappa shape index (κ1) is 30.9. The Kier molecular flexibility index (Phi) is 5.02. The molecule has 23 heteroatoms. The summed E-state index contributed by atoms with van der Waals surface area (Å²) in [5, 5.41) is 0. The van der Waals surface area contributed by atoms with Gasteiger partial charge >= 0.3 is 53.3 Å². The minimum atomic E-state index is -9.53. The first-order chi connectivity index (χ1) is 16.0. The van der Waals surface area contributed by atoms with Crippen molar-refractivity contribution in [2.45, 2.75) is 88.6 Å². The number of hydrogen-bond donors (Lipinski definition) is 0. The van der Waals surface area contributed by atoms with E-state index in [1.165, 1.54) is 0 Å². The zero-order valence-corrected chi connectivity index (χ0v) is 16.7. The molecule has 0 bridgehead atoms. The minimum Gasteiger partial charge on any atom is -0.233 e. The topological polar surface area (TPSA) is 0 Å². The van der Waals surface area contributed by atoms with Gasteiger partial charge < -0.3 is 0 Å². The summed E-state index contributed by atoms with van der Waals surface area (Å²) in [7, 11) is 0. The van der Waals surface area contributed by atoms with Crippen molar-refractivity contribution < 1.29 is 101 Å². The maximum absolute atomic E-state index is 15.6. The fraction of sp³-hybridized carbons (Fsp3) is 1.00. The Morgan fingerprint density at radius 1 is 0.211 bits per heavy atom. The molecule has 0 amide bonds. The number of alkyl halides is 23. The van der Waals surface area contributed by atoms with Crippen molar-refractivity contribution in [3.8, 4) is 0 Å². The third-order valence-electron chi connectivity index (χ3n) is 7.19. The van der Waals surface area contributed by atoms with E-state index in [-0.39, 0.29) is 0 Å². The molecule has 0 aromatic rings. The molecule has 0 N–H and O–H groups in total. The first-order valence-corrected chi connectivity index (χ1v) is 8.85. The molecule has 3 rings (SSSR count).